The maximum atomic E-state index is 13.2. The SMILES string of the molecule is CN1CCN(CC(=O)Oc2ccc3oc4c(c(=O)c3c2)CC/C4=C\c2ccccc2)CC1. The maximum Gasteiger partial charge on any atom is 0.325 e. The molecule has 1 saturated heterocycles. The quantitative estimate of drug-likeness (QED) is 0.467. The van der Waals surface area contributed by atoms with Crippen molar-refractivity contribution in [1.82, 2.24) is 9.80 Å². The van der Waals surface area contributed by atoms with Gasteiger partial charge in [-0.2, -0.15) is 0 Å². The fourth-order valence-corrected chi connectivity index (χ4v) is 4.38. The largest absolute Gasteiger partial charge is 0.456 e. The summed E-state index contributed by atoms with van der Waals surface area (Å²) in [6, 6.07) is 15.1. The highest BCUT2D eigenvalue weighted by molar-refractivity contribution is 5.87. The van der Waals surface area contributed by atoms with Crippen LogP contribution in [0.15, 0.2) is 57.7 Å². The Morgan fingerprint density at radius 1 is 1.06 bits per heavy atom. The summed E-state index contributed by atoms with van der Waals surface area (Å²) in [4.78, 5) is 29.9. The smallest absolute Gasteiger partial charge is 0.325 e. The van der Waals surface area contributed by atoms with Gasteiger partial charge in [0.25, 0.3) is 0 Å². The first kappa shape index (κ1) is 20.7. The molecule has 0 spiro atoms. The third-order valence-corrected chi connectivity index (χ3v) is 6.21. The highest BCUT2D eigenvalue weighted by atomic mass is 16.5. The minimum absolute atomic E-state index is 0.0466. The normalized spacial score (nSPS) is 18.2. The number of allylic oxidation sites excluding steroid dienone is 1. The molecule has 3 aromatic rings. The van der Waals surface area contributed by atoms with Gasteiger partial charge in [0.15, 0.2) is 5.43 Å². The number of nitrogens with zero attached hydrogens (tertiary/aromatic N) is 2. The monoisotopic (exact) mass is 430 g/mol. The van der Waals surface area contributed by atoms with E-state index >= 15 is 0 Å². The first-order valence-electron chi connectivity index (χ1n) is 11.0. The van der Waals surface area contributed by atoms with Crippen molar-refractivity contribution in [2.45, 2.75) is 12.8 Å². The summed E-state index contributed by atoms with van der Waals surface area (Å²) >= 11 is 0. The molecule has 0 N–H and O–H groups in total. The minimum Gasteiger partial charge on any atom is -0.456 e. The zero-order valence-corrected chi connectivity index (χ0v) is 18.2. The van der Waals surface area contributed by atoms with Gasteiger partial charge in [0.2, 0.25) is 0 Å². The topological polar surface area (TPSA) is 63.0 Å². The van der Waals surface area contributed by atoms with Gasteiger partial charge in [0, 0.05) is 31.7 Å². The highest BCUT2D eigenvalue weighted by Crippen LogP contribution is 2.34. The molecule has 1 fully saturated rings. The van der Waals surface area contributed by atoms with Gasteiger partial charge >= 0.3 is 5.97 Å². The number of hydrogen-bond acceptors (Lipinski definition) is 6. The van der Waals surface area contributed by atoms with Gasteiger partial charge in [-0.3, -0.25) is 14.5 Å². The minimum atomic E-state index is -0.312. The number of rotatable bonds is 4. The van der Waals surface area contributed by atoms with Crippen LogP contribution in [0.5, 0.6) is 5.75 Å². The number of esters is 1. The van der Waals surface area contributed by atoms with Gasteiger partial charge in [0.1, 0.15) is 17.1 Å². The summed E-state index contributed by atoms with van der Waals surface area (Å²) in [5.41, 5.74) is 3.28. The molecular weight excluding hydrogens is 404 g/mol. The van der Waals surface area contributed by atoms with Crippen LogP contribution in [0, 0.1) is 0 Å². The van der Waals surface area contributed by atoms with E-state index in [1.807, 2.05) is 30.3 Å². The van der Waals surface area contributed by atoms with Crippen LogP contribution in [0.2, 0.25) is 0 Å². The lowest BCUT2D eigenvalue weighted by atomic mass is 10.1. The lowest BCUT2D eigenvalue weighted by Crippen LogP contribution is -2.46. The Balaban J connectivity index is 1.37. The van der Waals surface area contributed by atoms with Gasteiger partial charge in [0.05, 0.1) is 11.9 Å². The highest BCUT2D eigenvalue weighted by Gasteiger charge is 2.24. The number of carbonyl (C=O) groups excluding carboxylic acids is 1. The summed E-state index contributed by atoms with van der Waals surface area (Å²) in [6.45, 7) is 3.82. The predicted molar refractivity (Wildman–Crippen MR) is 125 cm³/mol. The Hall–Kier alpha value is -3.22. The fraction of sp³-hybridized carbons (Fsp3) is 0.308. The Kier molecular flexibility index (Phi) is 5.64. The van der Waals surface area contributed by atoms with E-state index in [0.29, 0.717) is 34.5 Å². The van der Waals surface area contributed by atoms with Crippen molar-refractivity contribution in [3.8, 4) is 5.75 Å². The molecule has 2 aromatic carbocycles. The summed E-state index contributed by atoms with van der Waals surface area (Å²) in [6.07, 6.45) is 3.50. The van der Waals surface area contributed by atoms with Gasteiger partial charge in [-0.25, -0.2) is 0 Å². The Morgan fingerprint density at radius 2 is 1.84 bits per heavy atom. The first-order chi connectivity index (χ1) is 15.6. The molecule has 164 valence electrons. The standard InChI is InChI=1S/C26H26N2O4/c1-27-11-13-28(14-12-27)17-24(29)31-20-8-10-23-22(16-20)25(30)21-9-7-19(26(21)32-23)15-18-5-3-2-4-6-18/h2-6,8,10,15-16H,7,9,11-14,17H2,1H3/b19-15+. The van der Waals surface area contributed by atoms with E-state index in [-0.39, 0.29) is 17.9 Å². The molecule has 5 rings (SSSR count). The zero-order chi connectivity index (χ0) is 22.1. The van der Waals surface area contributed by atoms with E-state index in [4.69, 9.17) is 9.15 Å². The van der Waals surface area contributed by atoms with Gasteiger partial charge in [-0.05, 0) is 55.3 Å². The molecule has 2 aliphatic rings. The fourth-order valence-electron chi connectivity index (χ4n) is 4.38. The molecule has 0 unspecified atom stereocenters. The molecule has 0 bridgehead atoms. The van der Waals surface area contributed by atoms with Crippen LogP contribution in [0.25, 0.3) is 22.6 Å². The summed E-state index contributed by atoms with van der Waals surface area (Å²) in [5, 5.41) is 0.453. The van der Waals surface area contributed by atoms with E-state index in [1.54, 1.807) is 18.2 Å². The molecule has 0 amide bonds. The van der Waals surface area contributed by atoms with Crippen molar-refractivity contribution in [2.75, 3.05) is 39.8 Å². The van der Waals surface area contributed by atoms with E-state index in [1.165, 1.54) is 0 Å². The average Bonchev–Trinajstić information content (AvgIpc) is 3.19. The van der Waals surface area contributed by atoms with Gasteiger partial charge < -0.3 is 14.1 Å². The number of likely N-dealkylation sites (N-methyl/N-ethyl adjacent to an activating group) is 1. The van der Waals surface area contributed by atoms with E-state index < -0.39 is 0 Å². The summed E-state index contributed by atoms with van der Waals surface area (Å²) < 4.78 is 11.7. The van der Waals surface area contributed by atoms with Crippen molar-refractivity contribution >= 4 is 28.6 Å². The van der Waals surface area contributed by atoms with Crippen LogP contribution in [-0.2, 0) is 11.2 Å². The molecule has 6 nitrogen and oxygen atoms in total. The van der Waals surface area contributed by atoms with Crippen molar-refractivity contribution in [3.05, 3.63) is 75.6 Å². The number of hydrogen-bond donors (Lipinski definition) is 0. The molecule has 1 aliphatic heterocycles. The third kappa shape index (κ3) is 4.24. The Labute approximate surface area is 186 Å². The summed E-state index contributed by atoms with van der Waals surface area (Å²) in [7, 11) is 2.08. The molecule has 32 heavy (non-hydrogen) atoms. The average molecular weight is 431 g/mol. The van der Waals surface area contributed by atoms with Crippen LogP contribution in [0.4, 0.5) is 0 Å². The number of piperazine rings is 1. The molecule has 0 saturated carbocycles. The van der Waals surface area contributed by atoms with Crippen LogP contribution >= 0.6 is 0 Å². The first-order valence-corrected chi connectivity index (χ1v) is 11.0. The van der Waals surface area contributed by atoms with Crippen molar-refractivity contribution in [3.63, 3.8) is 0 Å². The zero-order valence-electron chi connectivity index (χ0n) is 18.2. The second-order valence-electron chi connectivity index (χ2n) is 8.53. The van der Waals surface area contributed by atoms with Crippen molar-refractivity contribution < 1.29 is 13.9 Å². The Morgan fingerprint density at radius 3 is 2.62 bits per heavy atom. The third-order valence-electron chi connectivity index (χ3n) is 6.21. The number of ether oxygens (including phenoxy) is 1. The van der Waals surface area contributed by atoms with E-state index in [2.05, 4.69) is 22.9 Å². The van der Waals surface area contributed by atoms with E-state index in [0.717, 1.165) is 43.7 Å². The molecular formula is C26H26N2O4. The lowest BCUT2D eigenvalue weighted by molar-refractivity contribution is -0.136. The van der Waals surface area contributed by atoms with E-state index in [9.17, 15) is 9.59 Å². The van der Waals surface area contributed by atoms with Crippen LogP contribution in [0.3, 0.4) is 0 Å². The molecule has 0 atom stereocenters. The molecule has 1 aliphatic carbocycles. The molecule has 2 heterocycles. The molecule has 0 radical (unpaired) electrons. The van der Waals surface area contributed by atoms with Gasteiger partial charge in [-0.1, -0.05) is 30.3 Å². The second-order valence-corrected chi connectivity index (χ2v) is 8.53. The maximum absolute atomic E-state index is 13.2. The molecule has 6 heteroatoms. The number of carbonyl (C=O) groups is 1. The second kappa shape index (κ2) is 8.73. The van der Waals surface area contributed by atoms with Crippen LogP contribution in [-0.4, -0.2) is 55.5 Å². The van der Waals surface area contributed by atoms with Crippen LogP contribution in [0.1, 0.15) is 23.3 Å². The van der Waals surface area contributed by atoms with Crippen molar-refractivity contribution in [1.29, 1.82) is 0 Å². The predicted octanol–water partition coefficient (Wildman–Crippen LogP) is 3.43. The Bertz CT molecular complexity index is 1240. The van der Waals surface area contributed by atoms with Crippen LogP contribution < -0.4 is 10.2 Å². The molecule has 1 aromatic heterocycles. The lowest BCUT2D eigenvalue weighted by Gasteiger charge is -2.31. The summed E-state index contributed by atoms with van der Waals surface area (Å²) in [5.74, 6) is 0.737. The number of fused-ring (bicyclic) bond motifs is 2. The number of benzene rings is 2. The van der Waals surface area contributed by atoms with Gasteiger partial charge in [-0.15, -0.1) is 0 Å². The van der Waals surface area contributed by atoms with Crippen molar-refractivity contribution in [2.24, 2.45) is 0 Å².